The molecule has 2 amide bonds. The highest BCUT2D eigenvalue weighted by Crippen LogP contribution is 2.48. The van der Waals surface area contributed by atoms with Gasteiger partial charge in [0, 0.05) is 0 Å². The Labute approximate surface area is 295 Å². The summed E-state index contributed by atoms with van der Waals surface area (Å²) < 4.78 is 117. The van der Waals surface area contributed by atoms with E-state index in [0.717, 1.165) is 0 Å². The summed E-state index contributed by atoms with van der Waals surface area (Å²) in [5, 5.41) is 18.0. The van der Waals surface area contributed by atoms with Gasteiger partial charge in [0.2, 0.25) is 11.5 Å². The smallest absolute Gasteiger partial charge is 0.426 e. The summed E-state index contributed by atoms with van der Waals surface area (Å²) in [7, 11) is 0. The van der Waals surface area contributed by atoms with E-state index in [1.807, 2.05) is 0 Å². The van der Waals surface area contributed by atoms with E-state index in [4.69, 9.17) is 23.4 Å². The van der Waals surface area contributed by atoms with Gasteiger partial charge in [0.15, 0.2) is 5.69 Å². The number of imide groups is 1. The van der Waals surface area contributed by atoms with Crippen LogP contribution in [0.15, 0.2) is 40.8 Å². The Balaban J connectivity index is 2.04. The summed E-state index contributed by atoms with van der Waals surface area (Å²) in [6.45, 7) is 9.32. The van der Waals surface area contributed by atoms with Gasteiger partial charge in [-0.1, -0.05) is 30.3 Å². The fourth-order valence-electron chi connectivity index (χ4n) is 5.03. The lowest BCUT2D eigenvalue weighted by molar-refractivity contribution is -0.301. The Morgan fingerprint density at radius 2 is 1.52 bits per heavy atom. The van der Waals surface area contributed by atoms with Gasteiger partial charge in [-0.25, -0.2) is 14.6 Å². The van der Waals surface area contributed by atoms with Crippen LogP contribution >= 0.6 is 0 Å². The van der Waals surface area contributed by atoms with Crippen LogP contribution in [0.3, 0.4) is 0 Å². The molecule has 0 saturated carbocycles. The summed E-state index contributed by atoms with van der Waals surface area (Å²) in [4.78, 5) is 31.2. The number of hydrogen-bond donors (Lipinski definition) is 1. The molecule has 4 bridgehead atoms. The first kappa shape index (κ1) is 40.3. The van der Waals surface area contributed by atoms with Gasteiger partial charge in [-0.2, -0.15) is 31.2 Å². The van der Waals surface area contributed by atoms with Crippen molar-refractivity contribution < 1.29 is 64.4 Å². The number of nitrogens with zero attached hydrogens (tertiary/aromatic N) is 4. The maximum Gasteiger partial charge on any atom is 0.426 e. The largest absolute Gasteiger partial charge is 0.474 e. The number of halogens is 6. The van der Waals surface area contributed by atoms with E-state index >= 15 is 13.2 Å². The van der Waals surface area contributed by atoms with Crippen LogP contribution in [-0.2, 0) is 32.6 Å². The molecule has 0 radical (unpaired) electrons. The zero-order chi connectivity index (χ0) is 38.9. The number of fused-ring (bicyclic) bond motifs is 5. The Morgan fingerprint density at radius 3 is 2.06 bits per heavy atom. The molecule has 0 fully saturated rings. The molecule has 0 saturated heterocycles. The highest BCUT2D eigenvalue weighted by Gasteiger charge is 2.61. The highest BCUT2D eigenvalue weighted by molar-refractivity contribution is 6.11. The van der Waals surface area contributed by atoms with Crippen LogP contribution in [0.25, 0.3) is 11.6 Å². The van der Waals surface area contributed by atoms with Gasteiger partial charge in [0.1, 0.15) is 16.8 Å². The number of pyridine rings is 1. The average molecular weight is 747 g/mol. The molecule has 3 aromatic rings. The number of alkyl halides is 6. The molecule has 0 aliphatic carbocycles. The van der Waals surface area contributed by atoms with Gasteiger partial charge in [-0.05, 0) is 85.8 Å². The fourth-order valence-corrected chi connectivity index (χ4v) is 5.03. The molecule has 0 spiro atoms. The molecule has 1 aliphatic heterocycles. The number of aliphatic hydroxyl groups excluding tert-OH is 1. The molecule has 1 N–H and O–H groups in total. The molecule has 4 rings (SSSR count). The number of carbonyl (C=O) groups excluding carboxylic acids is 2. The van der Waals surface area contributed by atoms with Gasteiger partial charge in [0.05, 0.1) is 24.5 Å². The molecule has 2 aromatic heterocycles. The summed E-state index contributed by atoms with van der Waals surface area (Å²) in [5.41, 5.74) is -8.98. The molecular formula is C34H40F6N4O8. The second-order valence-corrected chi connectivity index (χ2v) is 14.2. The summed E-state index contributed by atoms with van der Waals surface area (Å²) in [5.74, 6) is -3.21. The Kier molecular flexibility index (Phi) is 11.5. The van der Waals surface area contributed by atoms with Crippen molar-refractivity contribution in [3.8, 4) is 17.5 Å². The molecule has 1 aliphatic rings. The standard InChI is InChI=1S/C34H40F6N4O8/c1-19-13-14-21(45)15-16-32(34(38,39)40,48-18-20-11-9-8-10-12-20)27-43-42-26(50-27)24-23(17-22(33(35,36)37)25(41-24)49-19)44(28(46)51-30(2,3)4)29(47)52-31(5,6)7/h8-12,17,19,21,45H,13-16,18H2,1-7H3/t19-,21?,32-/m1/s1. The second-order valence-electron chi connectivity index (χ2n) is 14.2. The van der Waals surface area contributed by atoms with Crippen LogP contribution in [0.4, 0.5) is 41.6 Å². The second kappa shape index (κ2) is 14.9. The third-order valence-corrected chi connectivity index (χ3v) is 7.47. The van der Waals surface area contributed by atoms with E-state index in [-0.39, 0.29) is 17.7 Å². The number of rotatable bonds is 4. The molecule has 18 heteroatoms. The molecule has 52 heavy (non-hydrogen) atoms. The molecule has 12 nitrogen and oxygen atoms in total. The minimum atomic E-state index is -5.25. The Morgan fingerprint density at radius 1 is 0.923 bits per heavy atom. The minimum Gasteiger partial charge on any atom is -0.474 e. The maximum atomic E-state index is 15.2. The van der Waals surface area contributed by atoms with Crippen molar-refractivity contribution in [3.05, 3.63) is 53.4 Å². The van der Waals surface area contributed by atoms with Crippen molar-refractivity contribution in [1.82, 2.24) is 15.2 Å². The minimum absolute atomic E-state index is 0.105. The van der Waals surface area contributed by atoms with Crippen molar-refractivity contribution >= 4 is 17.9 Å². The van der Waals surface area contributed by atoms with E-state index in [1.54, 1.807) is 18.2 Å². The first-order valence-corrected chi connectivity index (χ1v) is 16.2. The highest BCUT2D eigenvalue weighted by atomic mass is 19.4. The maximum absolute atomic E-state index is 15.2. The quantitative estimate of drug-likeness (QED) is 0.256. The number of carbonyl (C=O) groups is 2. The number of aliphatic hydroxyl groups is 1. The first-order chi connectivity index (χ1) is 23.9. The van der Waals surface area contributed by atoms with Crippen LogP contribution in [0, 0.1) is 0 Å². The van der Waals surface area contributed by atoms with Crippen molar-refractivity contribution in [1.29, 1.82) is 0 Å². The molecule has 3 heterocycles. The summed E-state index contributed by atoms with van der Waals surface area (Å²) in [6.07, 6.45) is -17.7. The van der Waals surface area contributed by atoms with Crippen molar-refractivity contribution in [3.63, 3.8) is 0 Å². The lowest BCUT2D eigenvalue weighted by atomic mass is 9.92. The summed E-state index contributed by atoms with van der Waals surface area (Å²) >= 11 is 0. The van der Waals surface area contributed by atoms with E-state index in [2.05, 4.69) is 15.2 Å². The monoisotopic (exact) mass is 746 g/mol. The van der Waals surface area contributed by atoms with Crippen LogP contribution in [0.1, 0.15) is 91.2 Å². The number of anilines is 1. The first-order valence-electron chi connectivity index (χ1n) is 16.2. The van der Waals surface area contributed by atoms with Crippen molar-refractivity contribution in [2.24, 2.45) is 0 Å². The van der Waals surface area contributed by atoms with Crippen LogP contribution in [-0.4, -0.2) is 62.1 Å². The number of benzene rings is 1. The van der Waals surface area contributed by atoms with Crippen molar-refractivity contribution in [2.75, 3.05) is 4.90 Å². The van der Waals surface area contributed by atoms with Gasteiger partial charge < -0.3 is 28.5 Å². The average Bonchev–Trinajstić information content (AvgIpc) is 3.48. The van der Waals surface area contributed by atoms with E-state index in [0.29, 0.717) is 11.6 Å². The Hall–Kier alpha value is -4.45. The predicted molar refractivity (Wildman–Crippen MR) is 171 cm³/mol. The van der Waals surface area contributed by atoms with Gasteiger partial charge >= 0.3 is 24.5 Å². The molecule has 1 unspecified atom stereocenters. The number of aromatic nitrogens is 3. The van der Waals surface area contributed by atoms with Crippen molar-refractivity contribution in [2.45, 2.75) is 122 Å². The fraction of sp³-hybridized carbons (Fsp3) is 0.559. The van der Waals surface area contributed by atoms with Crippen LogP contribution < -0.4 is 9.64 Å². The lowest BCUT2D eigenvalue weighted by Gasteiger charge is -2.33. The van der Waals surface area contributed by atoms with E-state index in [9.17, 15) is 27.9 Å². The van der Waals surface area contributed by atoms with E-state index in [1.165, 1.54) is 60.6 Å². The lowest BCUT2D eigenvalue weighted by Crippen LogP contribution is -2.46. The molecule has 1 aromatic carbocycles. The number of ether oxygens (including phenoxy) is 4. The van der Waals surface area contributed by atoms with Crippen LogP contribution in [0.5, 0.6) is 5.88 Å². The normalized spacial score (nSPS) is 20.3. The topological polar surface area (TPSA) is 146 Å². The summed E-state index contributed by atoms with van der Waals surface area (Å²) in [6, 6.07) is 8.18. The third kappa shape index (κ3) is 9.70. The zero-order valence-electron chi connectivity index (χ0n) is 29.5. The van der Waals surface area contributed by atoms with Gasteiger partial charge in [-0.15, -0.1) is 10.2 Å². The van der Waals surface area contributed by atoms with E-state index < -0.39 is 108 Å². The van der Waals surface area contributed by atoms with Gasteiger partial charge in [0.25, 0.3) is 11.8 Å². The van der Waals surface area contributed by atoms with Crippen LogP contribution in [0.2, 0.25) is 0 Å². The van der Waals surface area contributed by atoms with Gasteiger partial charge in [-0.3, -0.25) is 0 Å². The zero-order valence-corrected chi connectivity index (χ0v) is 29.5. The predicted octanol–water partition coefficient (Wildman–Crippen LogP) is 8.50. The molecular weight excluding hydrogens is 706 g/mol. The molecule has 3 atom stereocenters. The Bertz CT molecular complexity index is 1690. The third-order valence-electron chi connectivity index (χ3n) is 7.47. The number of amides is 2. The number of hydrogen-bond acceptors (Lipinski definition) is 11. The SMILES string of the molecule is C[C@@H]1CCC(O)CC[C@](OCc2ccccc2)(C(F)(F)F)c2nnc(o2)-c2nc(c(C(F)(F)F)cc2N(C(=O)OC(C)(C)C)C(=O)OC(C)(C)C)O1. The molecule has 286 valence electrons.